The van der Waals surface area contributed by atoms with E-state index in [1.165, 1.54) is 0 Å². The molecule has 1 saturated heterocycles. The fraction of sp³-hybridized carbons (Fsp3) is 0.444. The van der Waals surface area contributed by atoms with E-state index in [9.17, 15) is 4.79 Å². The first-order chi connectivity index (χ1) is 16.2. The molecule has 3 aromatic rings. The molecular formula is C27H33N5O. The van der Waals surface area contributed by atoms with Gasteiger partial charge in [0.15, 0.2) is 0 Å². The largest absolute Gasteiger partial charge is 0.295 e. The number of piperazine rings is 1. The molecule has 0 amide bonds. The van der Waals surface area contributed by atoms with E-state index in [1.807, 2.05) is 35.0 Å². The minimum Gasteiger partial charge on any atom is -0.295 e. The average Bonchev–Trinajstić information content (AvgIpc) is 3.33. The molecule has 1 fully saturated rings. The molecule has 0 saturated carbocycles. The minimum absolute atomic E-state index is 0.157. The van der Waals surface area contributed by atoms with Crippen molar-refractivity contribution >= 4 is 0 Å². The van der Waals surface area contributed by atoms with Crippen LogP contribution in [0.2, 0.25) is 0 Å². The SMILES string of the molecule is CCC(c1nc2c(c(=O)n1Cc1ccccc1)CCC2)N1CCN(Cc2ccccn2)CC1. The highest BCUT2D eigenvalue weighted by Crippen LogP contribution is 2.27. The molecule has 6 nitrogen and oxygen atoms in total. The molecule has 1 aliphatic heterocycles. The summed E-state index contributed by atoms with van der Waals surface area (Å²) in [5.41, 5.74) is 4.41. The predicted octanol–water partition coefficient (Wildman–Crippen LogP) is 3.44. The Balaban J connectivity index is 1.39. The maximum Gasteiger partial charge on any atom is 0.257 e. The molecular weight excluding hydrogens is 410 g/mol. The van der Waals surface area contributed by atoms with Gasteiger partial charge in [-0.25, -0.2) is 4.98 Å². The Morgan fingerprint density at radius 1 is 0.939 bits per heavy atom. The standard InChI is InChI=1S/C27H33N5O/c1-2-25(31-17-15-30(16-18-31)20-22-11-6-7-14-28-22)26-29-24-13-8-12-23(24)27(33)32(26)19-21-9-4-3-5-10-21/h3-7,9-11,14,25H,2,8,12-13,15-20H2,1H3. The normalized spacial score (nSPS) is 17.7. The van der Waals surface area contributed by atoms with Crippen LogP contribution in [0.4, 0.5) is 0 Å². The Bertz CT molecular complexity index is 1120. The van der Waals surface area contributed by atoms with E-state index < -0.39 is 0 Å². The molecule has 0 radical (unpaired) electrons. The third-order valence-corrected chi connectivity index (χ3v) is 7.05. The van der Waals surface area contributed by atoms with Crippen LogP contribution in [0.3, 0.4) is 0 Å². The quantitative estimate of drug-likeness (QED) is 0.560. The lowest BCUT2D eigenvalue weighted by atomic mass is 10.1. The second-order valence-electron chi connectivity index (χ2n) is 9.18. The number of nitrogens with zero attached hydrogens (tertiary/aromatic N) is 5. The topological polar surface area (TPSA) is 54.3 Å². The number of hydrogen-bond acceptors (Lipinski definition) is 5. The van der Waals surface area contributed by atoms with E-state index in [0.29, 0.717) is 6.54 Å². The van der Waals surface area contributed by atoms with Crippen molar-refractivity contribution in [2.75, 3.05) is 26.2 Å². The van der Waals surface area contributed by atoms with Gasteiger partial charge in [0.1, 0.15) is 5.82 Å². The summed E-state index contributed by atoms with van der Waals surface area (Å²) >= 11 is 0. The molecule has 1 atom stereocenters. The summed E-state index contributed by atoms with van der Waals surface area (Å²) in [4.78, 5) is 28.2. The van der Waals surface area contributed by atoms with Gasteiger partial charge in [0.05, 0.1) is 24.0 Å². The van der Waals surface area contributed by atoms with Gasteiger partial charge in [0.25, 0.3) is 5.56 Å². The molecule has 172 valence electrons. The Kier molecular flexibility index (Phi) is 6.65. The number of fused-ring (bicyclic) bond motifs is 1. The smallest absolute Gasteiger partial charge is 0.257 e. The van der Waals surface area contributed by atoms with E-state index >= 15 is 0 Å². The predicted molar refractivity (Wildman–Crippen MR) is 130 cm³/mol. The zero-order valence-electron chi connectivity index (χ0n) is 19.5. The lowest BCUT2D eigenvalue weighted by Crippen LogP contribution is -2.48. The molecule has 1 aliphatic carbocycles. The fourth-order valence-electron chi connectivity index (χ4n) is 5.28. The Morgan fingerprint density at radius 2 is 1.73 bits per heavy atom. The van der Waals surface area contributed by atoms with Crippen molar-refractivity contribution in [2.45, 2.75) is 51.7 Å². The summed E-state index contributed by atoms with van der Waals surface area (Å²) in [6.07, 6.45) is 5.64. The van der Waals surface area contributed by atoms with E-state index in [-0.39, 0.29) is 11.6 Å². The van der Waals surface area contributed by atoms with Crippen LogP contribution in [-0.4, -0.2) is 50.5 Å². The van der Waals surface area contributed by atoms with Crippen molar-refractivity contribution in [3.05, 3.63) is 93.4 Å². The van der Waals surface area contributed by atoms with Crippen LogP contribution in [0, 0.1) is 0 Å². The van der Waals surface area contributed by atoms with Crippen molar-refractivity contribution in [1.82, 2.24) is 24.3 Å². The van der Waals surface area contributed by atoms with Crippen LogP contribution in [0.25, 0.3) is 0 Å². The second-order valence-corrected chi connectivity index (χ2v) is 9.18. The molecule has 1 aromatic carbocycles. The molecule has 1 unspecified atom stereocenters. The number of rotatable bonds is 7. The van der Waals surface area contributed by atoms with Crippen molar-refractivity contribution in [3.8, 4) is 0 Å². The van der Waals surface area contributed by atoms with Crippen LogP contribution in [0.1, 0.15) is 54.1 Å². The summed E-state index contributed by atoms with van der Waals surface area (Å²) in [6.45, 7) is 7.65. The van der Waals surface area contributed by atoms with E-state index in [1.54, 1.807) is 0 Å². The van der Waals surface area contributed by atoms with Crippen LogP contribution >= 0.6 is 0 Å². The van der Waals surface area contributed by atoms with Crippen LogP contribution in [-0.2, 0) is 25.9 Å². The van der Waals surface area contributed by atoms with E-state index in [2.05, 4.69) is 46.0 Å². The summed E-state index contributed by atoms with van der Waals surface area (Å²) < 4.78 is 1.97. The second kappa shape index (κ2) is 9.98. The third-order valence-electron chi connectivity index (χ3n) is 7.05. The van der Waals surface area contributed by atoms with E-state index in [0.717, 1.165) is 86.7 Å². The molecule has 6 heteroatoms. The molecule has 0 bridgehead atoms. The first-order valence-electron chi connectivity index (χ1n) is 12.3. The number of pyridine rings is 1. The van der Waals surface area contributed by atoms with Gasteiger partial charge < -0.3 is 0 Å². The first-order valence-corrected chi connectivity index (χ1v) is 12.3. The van der Waals surface area contributed by atoms with Gasteiger partial charge in [0, 0.05) is 44.5 Å². The number of benzene rings is 1. The van der Waals surface area contributed by atoms with Gasteiger partial charge in [-0.05, 0) is 43.4 Å². The lowest BCUT2D eigenvalue weighted by molar-refractivity contribution is 0.0835. The monoisotopic (exact) mass is 443 g/mol. The molecule has 3 heterocycles. The highest BCUT2D eigenvalue weighted by atomic mass is 16.1. The van der Waals surface area contributed by atoms with Gasteiger partial charge in [-0.2, -0.15) is 0 Å². The van der Waals surface area contributed by atoms with Crippen LogP contribution in [0.5, 0.6) is 0 Å². The minimum atomic E-state index is 0.157. The molecule has 2 aliphatic rings. The summed E-state index contributed by atoms with van der Waals surface area (Å²) in [5.74, 6) is 0.949. The van der Waals surface area contributed by atoms with Gasteiger partial charge in [0.2, 0.25) is 0 Å². The van der Waals surface area contributed by atoms with Gasteiger partial charge in [-0.15, -0.1) is 0 Å². The van der Waals surface area contributed by atoms with Crippen molar-refractivity contribution in [3.63, 3.8) is 0 Å². The van der Waals surface area contributed by atoms with Crippen molar-refractivity contribution in [1.29, 1.82) is 0 Å². The van der Waals surface area contributed by atoms with Crippen molar-refractivity contribution < 1.29 is 0 Å². The van der Waals surface area contributed by atoms with E-state index in [4.69, 9.17) is 4.98 Å². The fourth-order valence-corrected chi connectivity index (χ4v) is 5.28. The summed E-state index contributed by atoms with van der Waals surface area (Å²) in [6, 6.07) is 16.6. The number of aromatic nitrogens is 3. The summed E-state index contributed by atoms with van der Waals surface area (Å²) in [7, 11) is 0. The Morgan fingerprint density at radius 3 is 2.45 bits per heavy atom. The lowest BCUT2D eigenvalue weighted by Gasteiger charge is -2.39. The number of aryl methyl sites for hydroxylation is 1. The van der Waals surface area contributed by atoms with Gasteiger partial charge >= 0.3 is 0 Å². The number of hydrogen-bond donors (Lipinski definition) is 0. The zero-order chi connectivity index (χ0) is 22.6. The molecule has 2 aromatic heterocycles. The van der Waals surface area contributed by atoms with Crippen LogP contribution < -0.4 is 5.56 Å². The van der Waals surface area contributed by atoms with Crippen molar-refractivity contribution in [2.24, 2.45) is 0 Å². The average molecular weight is 444 g/mol. The van der Waals surface area contributed by atoms with Crippen LogP contribution in [0.15, 0.2) is 59.5 Å². The Labute approximate surface area is 195 Å². The van der Waals surface area contributed by atoms with Gasteiger partial charge in [-0.3, -0.25) is 24.1 Å². The molecule has 5 rings (SSSR count). The maximum atomic E-state index is 13.5. The highest BCUT2D eigenvalue weighted by molar-refractivity contribution is 5.26. The van der Waals surface area contributed by atoms with Gasteiger partial charge in [-0.1, -0.05) is 43.3 Å². The summed E-state index contributed by atoms with van der Waals surface area (Å²) in [5, 5.41) is 0. The molecule has 0 N–H and O–H groups in total. The zero-order valence-corrected chi connectivity index (χ0v) is 19.5. The molecule has 33 heavy (non-hydrogen) atoms. The molecule has 0 spiro atoms. The third kappa shape index (κ3) is 4.77. The maximum absolute atomic E-state index is 13.5. The highest BCUT2D eigenvalue weighted by Gasteiger charge is 2.30. The Hall–Kier alpha value is -2.83. The first kappa shape index (κ1) is 22.0.